The summed E-state index contributed by atoms with van der Waals surface area (Å²) in [6.45, 7) is 2.01. The Kier molecular flexibility index (Phi) is 5.82. The number of allylic oxidation sites excluding steroid dienone is 1. The molecule has 0 amide bonds. The maximum Gasteiger partial charge on any atom is 0.159 e. The Labute approximate surface area is 129 Å². The molecule has 2 aromatic carbocycles. The predicted molar refractivity (Wildman–Crippen MR) is 84.2 cm³/mol. The zero-order valence-electron chi connectivity index (χ0n) is 12.6. The van der Waals surface area contributed by atoms with Gasteiger partial charge in [0.05, 0.1) is 0 Å². The quantitative estimate of drug-likeness (QED) is 0.627. The van der Waals surface area contributed by atoms with Crippen molar-refractivity contribution in [1.82, 2.24) is 0 Å². The largest absolute Gasteiger partial charge is 0.207 e. The van der Waals surface area contributed by atoms with Gasteiger partial charge in [0.25, 0.3) is 0 Å². The average Bonchev–Trinajstić information content (AvgIpc) is 2.54. The number of rotatable bonds is 6. The van der Waals surface area contributed by atoms with Gasteiger partial charge in [-0.2, -0.15) is 0 Å². The van der Waals surface area contributed by atoms with Crippen LogP contribution < -0.4 is 0 Å². The monoisotopic (exact) mass is 304 g/mol. The molecule has 0 N–H and O–H groups in total. The molecule has 0 aliphatic rings. The average molecular weight is 304 g/mol. The molecule has 0 heterocycles. The molecular weight excluding hydrogens is 285 g/mol. The lowest BCUT2D eigenvalue weighted by Crippen LogP contribution is -1.94. The molecule has 0 spiro atoms. The number of benzene rings is 2. The molecule has 0 bridgehead atoms. The van der Waals surface area contributed by atoms with Gasteiger partial charge in [-0.05, 0) is 48.6 Å². The Bertz CT molecular complexity index is 642. The summed E-state index contributed by atoms with van der Waals surface area (Å²) in [5.74, 6) is -1.85. The predicted octanol–water partition coefficient (Wildman–Crippen LogP) is 5.86. The number of unbranched alkanes of at least 4 members (excludes halogenated alkanes) is 1. The molecule has 116 valence electrons. The first-order valence-electron chi connectivity index (χ1n) is 7.49. The minimum atomic E-state index is -0.831. The third kappa shape index (κ3) is 4.48. The Morgan fingerprint density at radius 2 is 1.55 bits per heavy atom. The van der Waals surface area contributed by atoms with E-state index in [1.165, 1.54) is 6.07 Å². The molecule has 22 heavy (non-hydrogen) atoms. The zero-order valence-corrected chi connectivity index (χ0v) is 12.6. The van der Waals surface area contributed by atoms with E-state index in [1.807, 2.05) is 19.1 Å². The second-order valence-corrected chi connectivity index (χ2v) is 5.29. The number of aryl methyl sites for hydroxylation is 2. The van der Waals surface area contributed by atoms with Gasteiger partial charge >= 0.3 is 0 Å². The molecule has 0 fully saturated rings. The van der Waals surface area contributed by atoms with E-state index in [2.05, 4.69) is 0 Å². The highest BCUT2D eigenvalue weighted by atomic mass is 19.2. The van der Waals surface area contributed by atoms with Crippen LogP contribution in [0.15, 0.2) is 48.5 Å². The number of hydrogen-bond acceptors (Lipinski definition) is 0. The topological polar surface area (TPSA) is 0 Å². The number of halogens is 3. The van der Waals surface area contributed by atoms with Gasteiger partial charge < -0.3 is 0 Å². The van der Waals surface area contributed by atoms with Crippen LogP contribution in [0.4, 0.5) is 13.2 Å². The van der Waals surface area contributed by atoms with Crippen LogP contribution in [-0.2, 0) is 12.8 Å². The highest BCUT2D eigenvalue weighted by Gasteiger charge is 2.04. The minimum absolute atomic E-state index is 0.200. The summed E-state index contributed by atoms with van der Waals surface area (Å²) in [6, 6.07) is 11.2. The van der Waals surface area contributed by atoms with Gasteiger partial charge in [-0.1, -0.05) is 43.7 Å². The molecule has 0 aromatic heterocycles. The fraction of sp³-hybridized carbons (Fsp3) is 0.263. The fourth-order valence-corrected chi connectivity index (χ4v) is 2.20. The Balaban J connectivity index is 1.97. The van der Waals surface area contributed by atoms with Gasteiger partial charge in [-0.15, -0.1) is 0 Å². The van der Waals surface area contributed by atoms with Crippen LogP contribution in [0, 0.1) is 11.6 Å². The molecule has 3 heteroatoms. The summed E-state index contributed by atoms with van der Waals surface area (Å²) in [5, 5.41) is 0. The Morgan fingerprint density at radius 1 is 0.909 bits per heavy atom. The smallest absolute Gasteiger partial charge is 0.159 e. The van der Waals surface area contributed by atoms with Crippen LogP contribution >= 0.6 is 0 Å². The van der Waals surface area contributed by atoms with E-state index in [1.54, 1.807) is 24.3 Å². The lowest BCUT2D eigenvalue weighted by Gasteiger charge is -2.04. The van der Waals surface area contributed by atoms with E-state index in [0.717, 1.165) is 30.0 Å². The van der Waals surface area contributed by atoms with Crippen molar-refractivity contribution in [2.75, 3.05) is 0 Å². The SMILES string of the molecule is CCC/C=C(/F)c1ccc(CCc2ccc(F)c(F)c2)cc1. The summed E-state index contributed by atoms with van der Waals surface area (Å²) in [6.07, 6.45) is 4.55. The van der Waals surface area contributed by atoms with E-state index in [-0.39, 0.29) is 5.83 Å². The maximum absolute atomic E-state index is 13.8. The van der Waals surface area contributed by atoms with Crippen molar-refractivity contribution in [3.63, 3.8) is 0 Å². The van der Waals surface area contributed by atoms with Crippen LogP contribution in [-0.4, -0.2) is 0 Å². The standard InChI is InChI=1S/C19H19F3/c1-2-3-4-17(20)16-10-7-14(8-11-16)5-6-15-9-12-18(21)19(22)13-15/h4,7-13H,2-3,5-6H2,1H3/b17-4+. The normalized spacial score (nSPS) is 11.7. The van der Waals surface area contributed by atoms with E-state index < -0.39 is 11.6 Å². The minimum Gasteiger partial charge on any atom is -0.207 e. The van der Waals surface area contributed by atoms with Gasteiger partial charge in [-0.3, -0.25) is 0 Å². The van der Waals surface area contributed by atoms with Crippen molar-refractivity contribution in [3.05, 3.63) is 76.9 Å². The fourth-order valence-electron chi connectivity index (χ4n) is 2.20. The third-order valence-corrected chi connectivity index (χ3v) is 3.53. The van der Waals surface area contributed by atoms with Crippen molar-refractivity contribution in [3.8, 4) is 0 Å². The molecule has 2 aromatic rings. The summed E-state index contributed by atoms with van der Waals surface area (Å²) < 4.78 is 39.8. The first kappa shape index (κ1) is 16.3. The summed E-state index contributed by atoms with van der Waals surface area (Å²) in [7, 11) is 0. The van der Waals surface area contributed by atoms with Gasteiger partial charge in [0.15, 0.2) is 11.6 Å². The summed E-state index contributed by atoms with van der Waals surface area (Å²) >= 11 is 0. The second-order valence-electron chi connectivity index (χ2n) is 5.29. The molecule has 0 saturated heterocycles. The highest BCUT2D eigenvalue weighted by Crippen LogP contribution is 2.19. The van der Waals surface area contributed by atoms with Crippen molar-refractivity contribution < 1.29 is 13.2 Å². The van der Waals surface area contributed by atoms with Crippen molar-refractivity contribution in [1.29, 1.82) is 0 Å². The van der Waals surface area contributed by atoms with Crippen LogP contribution in [0.25, 0.3) is 5.83 Å². The molecule has 0 atom stereocenters. The van der Waals surface area contributed by atoms with Crippen molar-refractivity contribution in [2.24, 2.45) is 0 Å². The summed E-state index contributed by atoms with van der Waals surface area (Å²) in [5.41, 5.74) is 2.36. The molecule has 0 nitrogen and oxygen atoms in total. The zero-order chi connectivity index (χ0) is 15.9. The number of hydrogen-bond donors (Lipinski definition) is 0. The van der Waals surface area contributed by atoms with E-state index in [9.17, 15) is 13.2 Å². The van der Waals surface area contributed by atoms with Crippen molar-refractivity contribution in [2.45, 2.75) is 32.6 Å². The molecular formula is C19H19F3. The van der Waals surface area contributed by atoms with Gasteiger partial charge in [0, 0.05) is 5.56 Å². The van der Waals surface area contributed by atoms with Crippen LogP contribution in [0.2, 0.25) is 0 Å². The van der Waals surface area contributed by atoms with E-state index in [0.29, 0.717) is 18.4 Å². The van der Waals surface area contributed by atoms with Crippen LogP contribution in [0.1, 0.15) is 36.5 Å². The molecule has 0 aliphatic carbocycles. The molecule has 0 radical (unpaired) electrons. The van der Waals surface area contributed by atoms with Crippen LogP contribution in [0.3, 0.4) is 0 Å². The lowest BCUT2D eigenvalue weighted by atomic mass is 10.0. The third-order valence-electron chi connectivity index (χ3n) is 3.53. The first-order chi connectivity index (χ1) is 10.6. The second kappa shape index (κ2) is 7.83. The van der Waals surface area contributed by atoms with Gasteiger partial charge in [0.2, 0.25) is 0 Å². The van der Waals surface area contributed by atoms with Crippen molar-refractivity contribution >= 4 is 5.83 Å². The maximum atomic E-state index is 13.8. The first-order valence-corrected chi connectivity index (χ1v) is 7.49. The molecule has 0 saturated carbocycles. The molecule has 0 unspecified atom stereocenters. The van der Waals surface area contributed by atoms with Crippen LogP contribution in [0.5, 0.6) is 0 Å². The summed E-state index contributed by atoms with van der Waals surface area (Å²) in [4.78, 5) is 0. The molecule has 2 rings (SSSR count). The Morgan fingerprint density at radius 3 is 2.18 bits per heavy atom. The Hall–Kier alpha value is -2.03. The van der Waals surface area contributed by atoms with E-state index >= 15 is 0 Å². The molecule has 0 aliphatic heterocycles. The lowest BCUT2D eigenvalue weighted by molar-refractivity contribution is 0.507. The van der Waals surface area contributed by atoms with Gasteiger partial charge in [-0.25, -0.2) is 13.2 Å². The highest BCUT2D eigenvalue weighted by molar-refractivity contribution is 5.59. The van der Waals surface area contributed by atoms with Gasteiger partial charge in [0.1, 0.15) is 5.83 Å². The van der Waals surface area contributed by atoms with E-state index in [4.69, 9.17) is 0 Å².